The van der Waals surface area contributed by atoms with E-state index in [2.05, 4.69) is 0 Å². The largest absolute Gasteiger partial charge is 0.492 e. The molecular weight excluding hydrogens is 565 g/mol. The molecule has 0 unspecified atom stereocenters. The monoisotopic (exact) mass is 600 g/mol. The summed E-state index contributed by atoms with van der Waals surface area (Å²) in [7, 11) is 0. The van der Waals surface area contributed by atoms with Crippen molar-refractivity contribution < 1.29 is 47.5 Å². The standard InChI is InChI=1S/C33H35F3O7/c1-17-11-21(41-16-28(37)32(3,4)40)12-18(2)30(17)31-24-8-10-26(23(24)7-9-25(31)33(34,35)36)43-20-5-6-22-19(13-29(38)39)15-42-27(22)14-20/h5-7,9,11-12,14,19,26,28,37,40H,8,10,13,15-16H2,1-4H3,(H,38,39)/t19-,26-,28-/m1/s1. The van der Waals surface area contributed by atoms with Gasteiger partial charge in [-0.2, -0.15) is 13.2 Å². The van der Waals surface area contributed by atoms with Crippen LogP contribution >= 0.6 is 0 Å². The normalized spacial score (nSPS) is 18.5. The van der Waals surface area contributed by atoms with Gasteiger partial charge in [-0.15, -0.1) is 0 Å². The number of fused-ring (bicyclic) bond motifs is 2. The lowest BCUT2D eigenvalue weighted by Crippen LogP contribution is -2.40. The molecule has 1 aliphatic heterocycles. The zero-order valence-electron chi connectivity index (χ0n) is 24.4. The van der Waals surface area contributed by atoms with Crippen LogP contribution in [0.1, 0.15) is 72.1 Å². The molecule has 7 nitrogen and oxygen atoms in total. The molecular formula is C33H35F3O7. The molecule has 3 aromatic carbocycles. The predicted molar refractivity (Wildman–Crippen MR) is 153 cm³/mol. The van der Waals surface area contributed by atoms with Crippen molar-refractivity contribution in [1.82, 2.24) is 0 Å². The molecule has 2 aliphatic rings. The quantitative estimate of drug-likeness (QED) is 0.257. The molecule has 1 aliphatic carbocycles. The van der Waals surface area contributed by atoms with E-state index in [9.17, 15) is 28.2 Å². The fraction of sp³-hybridized carbons (Fsp3) is 0.424. The molecule has 10 heteroatoms. The Bertz CT molecular complexity index is 1520. The lowest BCUT2D eigenvalue weighted by atomic mass is 9.86. The number of aliphatic carboxylic acids is 1. The van der Waals surface area contributed by atoms with E-state index in [1.54, 1.807) is 44.2 Å². The van der Waals surface area contributed by atoms with Crippen LogP contribution < -0.4 is 14.2 Å². The van der Waals surface area contributed by atoms with Crippen LogP contribution in [0.4, 0.5) is 13.2 Å². The van der Waals surface area contributed by atoms with E-state index >= 15 is 0 Å². The molecule has 0 aromatic heterocycles. The molecule has 0 fully saturated rings. The van der Waals surface area contributed by atoms with Crippen molar-refractivity contribution in [3.63, 3.8) is 0 Å². The summed E-state index contributed by atoms with van der Waals surface area (Å²) in [5.74, 6) is 0.283. The van der Waals surface area contributed by atoms with Gasteiger partial charge in [-0.05, 0) is 98.2 Å². The number of carboxylic acids is 1. The maximum Gasteiger partial charge on any atom is 0.417 e. The molecule has 0 radical (unpaired) electrons. The zero-order valence-corrected chi connectivity index (χ0v) is 24.4. The number of aryl methyl sites for hydroxylation is 2. The summed E-state index contributed by atoms with van der Waals surface area (Å²) >= 11 is 0. The lowest BCUT2D eigenvalue weighted by molar-refractivity contribution is -0.138. The van der Waals surface area contributed by atoms with E-state index in [4.69, 9.17) is 19.3 Å². The van der Waals surface area contributed by atoms with E-state index in [0.717, 1.165) is 11.6 Å². The minimum absolute atomic E-state index is 0.0394. The van der Waals surface area contributed by atoms with Crippen LogP contribution in [-0.2, 0) is 17.4 Å². The van der Waals surface area contributed by atoms with E-state index in [1.807, 2.05) is 0 Å². The Kier molecular flexibility index (Phi) is 8.13. The second kappa shape index (κ2) is 11.4. The van der Waals surface area contributed by atoms with E-state index < -0.39 is 35.5 Å². The highest BCUT2D eigenvalue weighted by Gasteiger charge is 2.39. The average molecular weight is 601 g/mol. The molecule has 3 atom stereocenters. The third-order valence-corrected chi connectivity index (χ3v) is 8.20. The number of aliphatic hydroxyl groups excluding tert-OH is 1. The molecule has 43 heavy (non-hydrogen) atoms. The van der Waals surface area contributed by atoms with Gasteiger partial charge in [0.15, 0.2) is 0 Å². The Morgan fingerprint density at radius 1 is 1.02 bits per heavy atom. The van der Waals surface area contributed by atoms with Gasteiger partial charge in [0.25, 0.3) is 0 Å². The number of alkyl halides is 3. The van der Waals surface area contributed by atoms with Crippen LogP contribution in [0, 0.1) is 13.8 Å². The Morgan fingerprint density at radius 3 is 2.33 bits per heavy atom. The van der Waals surface area contributed by atoms with Crippen LogP contribution in [0.15, 0.2) is 42.5 Å². The van der Waals surface area contributed by atoms with Gasteiger partial charge in [-0.1, -0.05) is 12.1 Å². The van der Waals surface area contributed by atoms with Gasteiger partial charge in [0.05, 0.1) is 24.2 Å². The molecule has 0 saturated carbocycles. The van der Waals surface area contributed by atoms with Gasteiger partial charge in [0.2, 0.25) is 0 Å². The van der Waals surface area contributed by atoms with Crippen LogP contribution in [0.5, 0.6) is 17.2 Å². The first kappa shape index (κ1) is 30.7. The van der Waals surface area contributed by atoms with Gasteiger partial charge >= 0.3 is 12.1 Å². The van der Waals surface area contributed by atoms with Crippen molar-refractivity contribution in [2.75, 3.05) is 13.2 Å². The Hall–Kier alpha value is -3.76. The number of benzene rings is 3. The Labute approximate surface area is 247 Å². The molecule has 230 valence electrons. The second-order valence-electron chi connectivity index (χ2n) is 11.9. The van der Waals surface area contributed by atoms with Crippen molar-refractivity contribution in [2.45, 2.75) is 76.9 Å². The van der Waals surface area contributed by atoms with E-state index in [0.29, 0.717) is 57.9 Å². The van der Waals surface area contributed by atoms with Crippen molar-refractivity contribution in [3.8, 4) is 28.4 Å². The summed E-state index contributed by atoms with van der Waals surface area (Å²) in [5, 5.41) is 29.3. The number of rotatable bonds is 9. The molecule has 1 heterocycles. The first-order chi connectivity index (χ1) is 20.1. The topological polar surface area (TPSA) is 105 Å². The number of hydrogen-bond donors (Lipinski definition) is 3. The van der Waals surface area contributed by atoms with Gasteiger partial charge in [-0.25, -0.2) is 0 Å². The summed E-state index contributed by atoms with van der Waals surface area (Å²) in [5.41, 5.74) is 1.73. The Morgan fingerprint density at radius 2 is 1.70 bits per heavy atom. The van der Waals surface area contributed by atoms with Crippen LogP contribution in [0.3, 0.4) is 0 Å². The number of hydrogen-bond acceptors (Lipinski definition) is 6. The fourth-order valence-corrected chi connectivity index (χ4v) is 5.96. The van der Waals surface area contributed by atoms with Crippen LogP contribution in [0.25, 0.3) is 11.1 Å². The molecule has 0 amide bonds. The molecule has 5 rings (SSSR count). The van der Waals surface area contributed by atoms with Gasteiger partial charge < -0.3 is 29.5 Å². The molecule has 3 N–H and O–H groups in total. The van der Waals surface area contributed by atoms with E-state index in [-0.39, 0.29) is 31.1 Å². The highest BCUT2D eigenvalue weighted by molar-refractivity contribution is 5.80. The average Bonchev–Trinajstić information content (AvgIpc) is 3.49. The fourth-order valence-electron chi connectivity index (χ4n) is 5.96. The Balaban J connectivity index is 1.47. The van der Waals surface area contributed by atoms with Gasteiger partial charge in [0.1, 0.15) is 36.1 Å². The first-order valence-electron chi connectivity index (χ1n) is 14.2. The SMILES string of the molecule is Cc1cc(OC[C@@H](O)C(C)(C)O)cc(C)c1-c1c(C(F)(F)F)ccc2c1CC[C@H]2Oc1ccc2c(c1)OC[C@H]2CC(=O)O. The smallest absolute Gasteiger partial charge is 0.417 e. The number of carbonyl (C=O) groups is 1. The summed E-state index contributed by atoms with van der Waals surface area (Å²) in [6.07, 6.45) is -5.38. The van der Waals surface area contributed by atoms with Gasteiger partial charge in [-0.3, -0.25) is 4.79 Å². The number of halogens is 3. The summed E-state index contributed by atoms with van der Waals surface area (Å²) in [6, 6.07) is 11.1. The molecule has 0 saturated heterocycles. The molecule has 0 spiro atoms. The van der Waals surface area contributed by atoms with Crippen LogP contribution in [0.2, 0.25) is 0 Å². The summed E-state index contributed by atoms with van der Waals surface area (Å²) in [4.78, 5) is 11.2. The first-order valence-corrected chi connectivity index (χ1v) is 14.2. The second-order valence-corrected chi connectivity index (χ2v) is 11.9. The minimum atomic E-state index is -4.59. The molecule has 0 bridgehead atoms. The van der Waals surface area contributed by atoms with E-state index in [1.165, 1.54) is 19.9 Å². The van der Waals surface area contributed by atoms with Crippen molar-refractivity contribution >= 4 is 5.97 Å². The van der Waals surface area contributed by atoms with Crippen molar-refractivity contribution in [1.29, 1.82) is 0 Å². The lowest BCUT2D eigenvalue weighted by Gasteiger charge is -2.25. The van der Waals surface area contributed by atoms with Gasteiger partial charge in [0, 0.05) is 17.5 Å². The van der Waals surface area contributed by atoms with Crippen molar-refractivity contribution in [2.24, 2.45) is 0 Å². The summed E-state index contributed by atoms with van der Waals surface area (Å²) in [6.45, 7) is 6.47. The highest BCUT2D eigenvalue weighted by atomic mass is 19.4. The molecule has 3 aromatic rings. The minimum Gasteiger partial charge on any atom is -0.492 e. The third kappa shape index (κ3) is 6.31. The zero-order chi connectivity index (χ0) is 31.3. The number of carboxylic acid groups (broad SMARTS) is 1. The maximum atomic E-state index is 14.4. The van der Waals surface area contributed by atoms with Crippen LogP contribution in [-0.4, -0.2) is 46.2 Å². The third-order valence-electron chi connectivity index (χ3n) is 8.20. The summed E-state index contributed by atoms with van der Waals surface area (Å²) < 4.78 is 60.8. The number of aliphatic hydroxyl groups is 2. The predicted octanol–water partition coefficient (Wildman–Crippen LogP) is 6.52. The maximum absolute atomic E-state index is 14.4. The number of ether oxygens (including phenoxy) is 3. The van der Waals surface area contributed by atoms with Crippen molar-refractivity contribution in [3.05, 3.63) is 75.8 Å². The highest BCUT2D eigenvalue weighted by Crippen LogP contribution is 2.48.